The van der Waals surface area contributed by atoms with Crippen molar-refractivity contribution in [2.45, 2.75) is 18.3 Å². The lowest BCUT2D eigenvalue weighted by Gasteiger charge is -2.26. The molecule has 1 heterocycles. The van der Waals surface area contributed by atoms with Gasteiger partial charge in [-0.05, 0) is 6.08 Å². The molecule has 0 radical (unpaired) electrons. The van der Waals surface area contributed by atoms with E-state index in [1.165, 1.54) is 6.08 Å². The average Bonchev–Trinajstić information content (AvgIpc) is 2.08. The molecular formula is C7H10O5. The van der Waals surface area contributed by atoms with Gasteiger partial charge in [0, 0.05) is 6.08 Å². The predicted molar refractivity (Wildman–Crippen MR) is 38.1 cm³/mol. The van der Waals surface area contributed by atoms with Gasteiger partial charge in [-0.15, -0.1) is 0 Å². The molecule has 0 spiro atoms. The van der Waals surface area contributed by atoms with E-state index in [0.29, 0.717) is 0 Å². The second-order valence-electron chi connectivity index (χ2n) is 2.50. The smallest absolute Gasteiger partial charge is 0.330 e. The predicted octanol–water partition coefficient (Wildman–Crippen LogP) is -1.82. The molecule has 1 aliphatic heterocycles. The fraction of sp³-hybridized carbons (Fsp3) is 0.571. The van der Waals surface area contributed by atoms with E-state index in [4.69, 9.17) is 15.3 Å². The van der Waals surface area contributed by atoms with Gasteiger partial charge in [0.05, 0.1) is 6.61 Å². The van der Waals surface area contributed by atoms with Crippen LogP contribution in [0.5, 0.6) is 0 Å². The summed E-state index contributed by atoms with van der Waals surface area (Å²) in [5.41, 5.74) is 0. The summed E-state index contributed by atoms with van der Waals surface area (Å²) < 4.78 is 4.57. The van der Waals surface area contributed by atoms with Crippen LogP contribution < -0.4 is 0 Å². The summed E-state index contributed by atoms with van der Waals surface area (Å²) in [6.45, 7) is -0.553. The number of hydrogen-bond acceptors (Lipinski definition) is 5. The molecule has 0 amide bonds. The molecule has 0 aromatic heterocycles. The number of aliphatic hydroxyl groups is 3. The number of rotatable bonds is 2. The first-order valence-corrected chi connectivity index (χ1v) is 3.51. The summed E-state index contributed by atoms with van der Waals surface area (Å²) in [5, 5.41) is 26.7. The number of hydrogen-bond donors (Lipinski definition) is 3. The Bertz CT molecular complexity index is 200. The van der Waals surface area contributed by atoms with E-state index >= 15 is 0 Å². The van der Waals surface area contributed by atoms with Gasteiger partial charge in [0.1, 0.15) is 12.2 Å². The van der Waals surface area contributed by atoms with Gasteiger partial charge in [0.2, 0.25) is 0 Å². The van der Waals surface area contributed by atoms with Crippen molar-refractivity contribution in [1.29, 1.82) is 0 Å². The van der Waals surface area contributed by atoms with Crippen LogP contribution >= 0.6 is 0 Å². The fourth-order valence-corrected chi connectivity index (χ4v) is 0.940. The lowest BCUT2D eigenvalue weighted by molar-refractivity contribution is -0.160. The van der Waals surface area contributed by atoms with E-state index < -0.39 is 30.9 Å². The molecule has 5 nitrogen and oxygen atoms in total. The van der Waals surface area contributed by atoms with Crippen molar-refractivity contribution < 1.29 is 24.9 Å². The molecule has 0 saturated heterocycles. The molecule has 5 heteroatoms. The van der Waals surface area contributed by atoms with Crippen molar-refractivity contribution in [1.82, 2.24) is 0 Å². The third-order valence-corrected chi connectivity index (χ3v) is 1.58. The normalized spacial score (nSPS) is 31.4. The van der Waals surface area contributed by atoms with Gasteiger partial charge in [-0.3, -0.25) is 0 Å². The number of aliphatic hydroxyl groups excluding tert-OH is 3. The van der Waals surface area contributed by atoms with Gasteiger partial charge < -0.3 is 20.1 Å². The van der Waals surface area contributed by atoms with Gasteiger partial charge in [-0.1, -0.05) is 0 Å². The molecule has 3 atom stereocenters. The minimum Gasteiger partial charge on any atom is -0.453 e. The first kappa shape index (κ1) is 9.18. The molecule has 0 aromatic rings. The Morgan fingerprint density at radius 3 is 2.92 bits per heavy atom. The Kier molecular flexibility index (Phi) is 2.80. The summed E-state index contributed by atoms with van der Waals surface area (Å²) in [4.78, 5) is 10.6. The molecule has 1 aliphatic rings. The monoisotopic (exact) mass is 174 g/mol. The Morgan fingerprint density at radius 2 is 2.33 bits per heavy atom. The second-order valence-corrected chi connectivity index (χ2v) is 2.50. The van der Waals surface area contributed by atoms with Crippen molar-refractivity contribution in [2.24, 2.45) is 0 Å². The SMILES string of the molecule is O=C1C=CC(O)C(C(O)CO)O1. The van der Waals surface area contributed by atoms with E-state index in [-0.39, 0.29) is 0 Å². The minimum absolute atomic E-state index is 0.553. The standard InChI is InChI=1S/C7H10O5/c8-3-5(10)7-4(9)1-2-6(11)12-7/h1-2,4-5,7-10H,3H2. The number of esters is 1. The molecule has 0 saturated carbocycles. The van der Waals surface area contributed by atoms with Crippen LogP contribution in [0.4, 0.5) is 0 Å². The maximum atomic E-state index is 10.6. The third kappa shape index (κ3) is 1.82. The zero-order valence-corrected chi connectivity index (χ0v) is 6.25. The molecule has 3 N–H and O–H groups in total. The summed E-state index contributed by atoms with van der Waals surface area (Å²) in [5.74, 6) is -0.627. The van der Waals surface area contributed by atoms with Crippen LogP contribution in [0.25, 0.3) is 0 Å². The van der Waals surface area contributed by atoms with Gasteiger partial charge in [0.15, 0.2) is 6.10 Å². The molecule has 0 bridgehead atoms. The Balaban J connectivity index is 2.65. The maximum absolute atomic E-state index is 10.6. The summed E-state index contributed by atoms with van der Waals surface area (Å²) in [7, 11) is 0. The van der Waals surface area contributed by atoms with Crippen LogP contribution in [0.15, 0.2) is 12.2 Å². The van der Waals surface area contributed by atoms with Crippen LogP contribution in [-0.4, -0.2) is 46.2 Å². The summed E-state index contributed by atoms with van der Waals surface area (Å²) in [6.07, 6.45) is -1.06. The number of carbonyl (C=O) groups excluding carboxylic acids is 1. The quantitative estimate of drug-likeness (QED) is 0.429. The van der Waals surface area contributed by atoms with Crippen molar-refractivity contribution in [3.63, 3.8) is 0 Å². The van der Waals surface area contributed by atoms with Gasteiger partial charge in [-0.2, -0.15) is 0 Å². The zero-order chi connectivity index (χ0) is 9.14. The van der Waals surface area contributed by atoms with Crippen LogP contribution in [-0.2, 0) is 9.53 Å². The average molecular weight is 174 g/mol. The third-order valence-electron chi connectivity index (χ3n) is 1.58. The highest BCUT2D eigenvalue weighted by atomic mass is 16.6. The Hall–Kier alpha value is -0.910. The van der Waals surface area contributed by atoms with E-state index in [0.717, 1.165) is 6.08 Å². The second kappa shape index (κ2) is 3.66. The summed E-state index contributed by atoms with van der Waals surface area (Å²) in [6, 6.07) is 0. The van der Waals surface area contributed by atoms with Crippen molar-refractivity contribution in [2.75, 3.05) is 6.61 Å². The largest absolute Gasteiger partial charge is 0.453 e. The highest BCUT2D eigenvalue weighted by molar-refractivity contribution is 5.83. The number of ether oxygens (including phenoxy) is 1. The Morgan fingerprint density at radius 1 is 1.67 bits per heavy atom. The van der Waals surface area contributed by atoms with Gasteiger partial charge >= 0.3 is 5.97 Å². The maximum Gasteiger partial charge on any atom is 0.330 e. The van der Waals surface area contributed by atoms with Crippen LogP contribution in [0.3, 0.4) is 0 Å². The van der Waals surface area contributed by atoms with E-state index in [1.54, 1.807) is 0 Å². The molecule has 0 aromatic carbocycles. The highest BCUT2D eigenvalue weighted by Crippen LogP contribution is 2.11. The highest BCUT2D eigenvalue weighted by Gasteiger charge is 2.31. The van der Waals surface area contributed by atoms with Crippen molar-refractivity contribution in [3.8, 4) is 0 Å². The topological polar surface area (TPSA) is 87.0 Å². The number of carbonyl (C=O) groups is 1. The zero-order valence-electron chi connectivity index (χ0n) is 6.25. The van der Waals surface area contributed by atoms with Gasteiger partial charge in [-0.25, -0.2) is 4.79 Å². The minimum atomic E-state index is -1.24. The van der Waals surface area contributed by atoms with Gasteiger partial charge in [0.25, 0.3) is 0 Å². The lowest BCUT2D eigenvalue weighted by Crippen LogP contribution is -2.44. The number of cyclic esters (lactones) is 1. The van der Waals surface area contributed by atoms with Crippen LogP contribution in [0.2, 0.25) is 0 Å². The van der Waals surface area contributed by atoms with E-state index in [2.05, 4.69) is 4.74 Å². The molecule has 1 rings (SSSR count). The lowest BCUT2D eigenvalue weighted by atomic mass is 10.1. The van der Waals surface area contributed by atoms with E-state index in [1.807, 2.05) is 0 Å². The molecule has 0 aliphatic carbocycles. The molecular weight excluding hydrogens is 164 g/mol. The van der Waals surface area contributed by atoms with Crippen molar-refractivity contribution >= 4 is 5.97 Å². The summed E-state index contributed by atoms with van der Waals surface area (Å²) >= 11 is 0. The Labute approximate surface area is 68.9 Å². The van der Waals surface area contributed by atoms with E-state index in [9.17, 15) is 4.79 Å². The van der Waals surface area contributed by atoms with Crippen LogP contribution in [0.1, 0.15) is 0 Å². The first-order chi connectivity index (χ1) is 5.65. The fourth-order valence-electron chi connectivity index (χ4n) is 0.940. The van der Waals surface area contributed by atoms with Crippen molar-refractivity contribution in [3.05, 3.63) is 12.2 Å². The molecule has 0 fully saturated rings. The molecule has 68 valence electrons. The molecule has 3 unspecified atom stereocenters. The van der Waals surface area contributed by atoms with Crippen LogP contribution in [0, 0.1) is 0 Å². The first-order valence-electron chi connectivity index (χ1n) is 3.51. The molecule has 12 heavy (non-hydrogen) atoms.